The predicted molar refractivity (Wildman–Crippen MR) is 76.1 cm³/mol. The van der Waals surface area contributed by atoms with E-state index in [1.807, 2.05) is 0 Å². The number of carboxylic acid groups (broad SMARTS) is 1. The molecule has 0 aliphatic carbocycles. The molecule has 23 heavy (non-hydrogen) atoms. The van der Waals surface area contributed by atoms with Crippen molar-refractivity contribution in [1.29, 1.82) is 0 Å². The standard InChI is InChI=1S/C12H11BF3NO5S/c14-6-2-1-5-3-7(17-8(18)4-23-12(15)16)13(21)22-10(5)9(6)11(19)20/h1-2,7,12,21H,3-4H2,(H,17,18)(H,19,20)/t7-/m0/s1. The zero-order chi connectivity index (χ0) is 17.1. The molecule has 0 aromatic heterocycles. The van der Waals surface area contributed by atoms with Gasteiger partial charge < -0.3 is 20.1 Å². The zero-order valence-corrected chi connectivity index (χ0v) is 12.3. The van der Waals surface area contributed by atoms with Crippen LogP contribution in [0.25, 0.3) is 0 Å². The number of carboxylic acids is 1. The molecule has 0 spiro atoms. The molecule has 0 saturated carbocycles. The minimum atomic E-state index is -2.70. The number of halogens is 3. The maximum absolute atomic E-state index is 13.6. The summed E-state index contributed by atoms with van der Waals surface area (Å²) in [4.78, 5) is 22.6. The molecule has 1 aromatic carbocycles. The molecule has 0 radical (unpaired) electrons. The normalized spacial score (nSPS) is 16.7. The van der Waals surface area contributed by atoms with Gasteiger partial charge in [0.2, 0.25) is 5.91 Å². The molecule has 0 fully saturated rings. The lowest BCUT2D eigenvalue weighted by Crippen LogP contribution is -2.53. The fraction of sp³-hybridized carbons (Fsp3) is 0.333. The highest BCUT2D eigenvalue weighted by Gasteiger charge is 2.38. The largest absolute Gasteiger partial charge is 0.547 e. The molecule has 11 heteroatoms. The SMILES string of the molecule is O=C(CSC(F)F)N[C@H]1Cc2ccc(F)c(C(=O)O)c2OB1O. The predicted octanol–water partition coefficient (Wildman–Crippen LogP) is 0.919. The Morgan fingerprint density at radius 2 is 2.17 bits per heavy atom. The van der Waals surface area contributed by atoms with Crippen LogP contribution in [-0.4, -0.2) is 46.6 Å². The van der Waals surface area contributed by atoms with Gasteiger partial charge in [-0.3, -0.25) is 4.79 Å². The quantitative estimate of drug-likeness (QED) is 0.685. The van der Waals surface area contributed by atoms with E-state index >= 15 is 0 Å². The molecule has 1 heterocycles. The number of fused-ring (bicyclic) bond motifs is 1. The summed E-state index contributed by atoms with van der Waals surface area (Å²) in [6, 6.07) is 2.21. The summed E-state index contributed by atoms with van der Waals surface area (Å²) in [5.41, 5.74) is -0.430. The van der Waals surface area contributed by atoms with Crippen molar-refractivity contribution in [2.45, 2.75) is 18.1 Å². The molecule has 3 N–H and O–H groups in total. The first kappa shape index (κ1) is 17.5. The van der Waals surface area contributed by atoms with Crippen molar-refractivity contribution in [3.63, 3.8) is 0 Å². The van der Waals surface area contributed by atoms with Crippen LogP contribution in [0.15, 0.2) is 12.1 Å². The van der Waals surface area contributed by atoms with E-state index in [1.165, 1.54) is 6.07 Å². The van der Waals surface area contributed by atoms with E-state index in [9.17, 15) is 27.8 Å². The molecule has 1 aromatic rings. The Balaban J connectivity index is 2.14. The lowest BCUT2D eigenvalue weighted by Gasteiger charge is -2.29. The number of amides is 1. The third-order valence-corrected chi connectivity index (χ3v) is 3.79. The fourth-order valence-electron chi connectivity index (χ4n) is 2.15. The summed E-state index contributed by atoms with van der Waals surface area (Å²) in [6.45, 7) is 0. The molecule has 2 rings (SSSR count). The van der Waals surface area contributed by atoms with Crippen LogP contribution in [0.3, 0.4) is 0 Å². The molecular formula is C12H11BF3NO5S. The van der Waals surface area contributed by atoms with Crippen molar-refractivity contribution in [1.82, 2.24) is 5.32 Å². The number of hydrogen-bond acceptors (Lipinski definition) is 5. The lowest BCUT2D eigenvalue weighted by molar-refractivity contribution is -0.119. The van der Waals surface area contributed by atoms with Gasteiger partial charge in [-0.1, -0.05) is 17.8 Å². The summed E-state index contributed by atoms with van der Waals surface area (Å²) in [7, 11) is -1.62. The van der Waals surface area contributed by atoms with E-state index in [4.69, 9.17) is 9.76 Å². The fourth-order valence-corrected chi connectivity index (χ4v) is 2.51. The van der Waals surface area contributed by atoms with Gasteiger partial charge in [0, 0.05) is 0 Å². The van der Waals surface area contributed by atoms with E-state index in [2.05, 4.69) is 5.32 Å². The Hall–Kier alpha value is -1.88. The molecule has 1 amide bonds. The highest BCUT2D eigenvalue weighted by molar-refractivity contribution is 8.00. The Bertz CT molecular complexity index is 633. The summed E-state index contributed by atoms with van der Waals surface area (Å²) >= 11 is 0.128. The number of hydrogen-bond donors (Lipinski definition) is 3. The molecule has 1 aliphatic rings. The van der Waals surface area contributed by atoms with Gasteiger partial charge in [-0.15, -0.1) is 0 Å². The minimum Gasteiger partial charge on any atom is -0.534 e. The topological polar surface area (TPSA) is 95.9 Å². The van der Waals surface area contributed by atoms with Crippen molar-refractivity contribution >= 4 is 30.8 Å². The lowest BCUT2D eigenvalue weighted by atomic mass is 9.72. The summed E-state index contributed by atoms with van der Waals surface area (Å²) in [5, 5.41) is 21.1. The molecule has 1 atom stereocenters. The van der Waals surface area contributed by atoms with Crippen molar-refractivity contribution in [3.05, 3.63) is 29.1 Å². The molecule has 0 bridgehead atoms. The van der Waals surface area contributed by atoms with Gasteiger partial charge in [0.05, 0.1) is 11.7 Å². The van der Waals surface area contributed by atoms with E-state index < -0.39 is 47.8 Å². The summed E-state index contributed by atoms with van der Waals surface area (Å²) in [6.07, 6.45) is -0.0256. The van der Waals surface area contributed by atoms with Crippen LogP contribution in [-0.2, 0) is 11.2 Å². The summed E-state index contributed by atoms with van der Waals surface area (Å²) in [5.74, 6) is -7.76. The van der Waals surface area contributed by atoms with Crippen LogP contribution in [0.2, 0.25) is 0 Å². The maximum atomic E-state index is 13.6. The van der Waals surface area contributed by atoms with E-state index in [-0.39, 0.29) is 29.5 Å². The second kappa shape index (κ2) is 7.13. The number of carbonyl (C=O) groups is 2. The third kappa shape index (κ3) is 4.11. The van der Waals surface area contributed by atoms with Crippen LogP contribution >= 0.6 is 11.8 Å². The van der Waals surface area contributed by atoms with Crippen LogP contribution in [0, 0.1) is 5.82 Å². The van der Waals surface area contributed by atoms with Gasteiger partial charge in [0.15, 0.2) is 0 Å². The van der Waals surface area contributed by atoms with Gasteiger partial charge in [-0.05, 0) is 18.1 Å². The second-order valence-electron chi connectivity index (χ2n) is 4.67. The Morgan fingerprint density at radius 1 is 1.48 bits per heavy atom. The van der Waals surface area contributed by atoms with Crippen molar-refractivity contribution in [2.24, 2.45) is 0 Å². The molecular weight excluding hydrogens is 338 g/mol. The first-order chi connectivity index (χ1) is 10.8. The highest BCUT2D eigenvalue weighted by atomic mass is 32.2. The minimum absolute atomic E-state index is 0.0256. The average Bonchev–Trinajstić information content (AvgIpc) is 2.45. The molecule has 0 saturated heterocycles. The van der Waals surface area contributed by atoms with Crippen LogP contribution < -0.4 is 9.97 Å². The monoisotopic (exact) mass is 349 g/mol. The van der Waals surface area contributed by atoms with Crippen LogP contribution in [0.1, 0.15) is 15.9 Å². The van der Waals surface area contributed by atoms with E-state index in [0.29, 0.717) is 0 Å². The van der Waals surface area contributed by atoms with Gasteiger partial charge in [0.1, 0.15) is 17.1 Å². The van der Waals surface area contributed by atoms with Crippen molar-refractivity contribution < 1.29 is 37.5 Å². The van der Waals surface area contributed by atoms with Crippen LogP contribution in [0.5, 0.6) is 5.75 Å². The van der Waals surface area contributed by atoms with Gasteiger partial charge in [-0.2, -0.15) is 8.78 Å². The smallest absolute Gasteiger partial charge is 0.534 e. The van der Waals surface area contributed by atoms with Gasteiger partial charge in [0.25, 0.3) is 5.76 Å². The van der Waals surface area contributed by atoms with Crippen LogP contribution in [0.4, 0.5) is 13.2 Å². The Kier molecular flexibility index (Phi) is 5.42. The Labute approximate surface area is 133 Å². The molecule has 1 aliphatic heterocycles. The number of carbonyl (C=O) groups excluding carboxylic acids is 1. The summed E-state index contributed by atoms with van der Waals surface area (Å²) < 4.78 is 42.6. The second-order valence-corrected chi connectivity index (χ2v) is 5.65. The number of thioether (sulfide) groups is 1. The van der Waals surface area contributed by atoms with Crippen molar-refractivity contribution in [2.75, 3.05) is 5.75 Å². The molecule has 124 valence electrons. The number of aromatic carboxylic acids is 1. The van der Waals surface area contributed by atoms with Gasteiger partial charge >= 0.3 is 13.1 Å². The Morgan fingerprint density at radius 3 is 2.78 bits per heavy atom. The van der Waals surface area contributed by atoms with Crippen molar-refractivity contribution in [3.8, 4) is 5.75 Å². The first-order valence-electron chi connectivity index (χ1n) is 6.38. The maximum Gasteiger partial charge on any atom is 0.547 e. The van der Waals surface area contributed by atoms with E-state index in [0.717, 1.165) is 6.07 Å². The number of nitrogens with one attached hydrogen (secondary N) is 1. The number of benzene rings is 1. The number of rotatable bonds is 5. The van der Waals surface area contributed by atoms with E-state index in [1.54, 1.807) is 0 Å². The first-order valence-corrected chi connectivity index (χ1v) is 7.43. The highest BCUT2D eigenvalue weighted by Crippen LogP contribution is 2.32. The zero-order valence-electron chi connectivity index (χ0n) is 11.5. The molecule has 6 nitrogen and oxygen atoms in total. The van der Waals surface area contributed by atoms with Gasteiger partial charge in [-0.25, -0.2) is 9.18 Å². The number of alkyl halides is 2. The molecule has 0 unspecified atom stereocenters. The third-order valence-electron chi connectivity index (χ3n) is 3.11. The average molecular weight is 349 g/mol.